The lowest BCUT2D eigenvalue weighted by atomic mass is 9.92. The number of benzene rings is 1. The normalized spacial score (nSPS) is 25.3. The standard InChI is InChI=1S/C23H31Cl2N5O3/c1-23(17-6-7-18(24)19(25)14-17)21(32)30(22(33)26-23)16-28-12-10-27(11-13-28)15-20(31)29-8-4-2-3-5-9-29/h6-7,14H,2-5,8-13,15-16H2,1H3,(H,26,33). The lowest BCUT2D eigenvalue weighted by Gasteiger charge is -2.36. The van der Waals surface area contributed by atoms with E-state index in [4.69, 9.17) is 23.2 Å². The number of urea groups is 1. The molecule has 0 radical (unpaired) electrons. The van der Waals surface area contributed by atoms with Gasteiger partial charge in [-0.15, -0.1) is 0 Å². The second-order valence-electron chi connectivity index (χ2n) is 9.25. The molecule has 33 heavy (non-hydrogen) atoms. The Morgan fingerprint density at radius 1 is 0.939 bits per heavy atom. The molecule has 0 saturated carbocycles. The van der Waals surface area contributed by atoms with Crippen LogP contribution in [0.4, 0.5) is 4.79 Å². The fraction of sp³-hybridized carbons (Fsp3) is 0.609. The minimum Gasteiger partial charge on any atom is -0.342 e. The van der Waals surface area contributed by atoms with Crippen LogP contribution in [-0.2, 0) is 15.1 Å². The zero-order valence-electron chi connectivity index (χ0n) is 19.0. The molecule has 1 N–H and O–H groups in total. The highest BCUT2D eigenvalue weighted by atomic mass is 35.5. The van der Waals surface area contributed by atoms with Crippen LogP contribution in [0.5, 0.6) is 0 Å². The zero-order chi connectivity index (χ0) is 23.6. The Morgan fingerprint density at radius 3 is 2.21 bits per heavy atom. The van der Waals surface area contributed by atoms with Crippen molar-refractivity contribution in [3.05, 3.63) is 33.8 Å². The van der Waals surface area contributed by atoms with Gasteiger partial charge in [0.15, 0.2) is 0 Å². The summed E-state index contributed by atoms with van der Waals surface area (Å²) in [6.07, 6.45) is 4.59. The van der Waals surface area contributed by atoms with Gasteiger partial charge in [0.25, 0.3) is 5.91 Å². The van der Waals surface area contributed by atoms with Crippen molar-refractivity contribution in [2.75, 3.05) is 52.5 Å². The summed E-state index contributed by atoms with van der Waals surface area (Å²) in [6, 6.07) is 4.52. The average molecular weight is 496 g/mol. The first-order valence-electron chi connectivity index (χ1n) is 11.6. The van der Waals surface area contributed by atoms with E-state index in [1.807, 2.05) is 4.90 Å². The SMILES string of the molecule is CC1(c2ccc(Cl)c(Cl)c2)NC(=O)N(CN2CCN(CC(=O)N3CCCCCC3)CC2)C1=O. The van der Waals surface area contributed by atoms with Gasteiger partial charge in [0.2, 0.25) is 5.91 Å². The quantitative estimate of drug-likeness (QED) is 0.635. The van der Waals surface area contributed by atoms with E-state index in [2.05, 4.69) is 15.1 Å². The highest BCUT2D eigenvalue weighted by Crippen LogP contribution is 2.33. The van der Waals surface area contributed by atoms with Crippen molar-refractivity contribution in [3.8, 4) is 0 Å². The van der Waals surface area contributed by atoms with E-state index in [1.54, 1.807) is 25.1 Å². The number of carbonyl (C=O) groups excluding carboxylic acids is 3. The molecular weight excluding hydrogens is 465 g/mol. The van der Waals surface area contributed by atoms with E-state index in [1.165, 1.54) is 17.7 Å². The molecule has 8 nitrogen and oxygen atoms in total. The third kappa shape index (κ3) is 5.29. The maximum Gasteiger partial charge on any atom is 0.326 e. The van der Waals surface area contributed by atoms with Gasteiger partial charge in [0.05, 0.1) is 23.3 Å². The molecule has 1 atom stereocenters. The third-order valence-electron chi connectivity index (χ3n) is 6.90. The minimum absolute atomic E-state index is 0.205. The number of imide groups is 1. The summed E-state index contributed by atoms with van der Waals surface area (Å²) in [6.45, 7) is 6.90. The van der Waals surface area contributed by atoms with Gasteiger partial charge >= 0.3 is 6.03 Å². The number of rotatable bonds is 5. The molecule has 1 unspecified atom stereocenters. The molecule has 4 amide bonds. The van der Waals surface area contributed by atoms with Crippen molar-refractivity contribution in [2.45, 2.75) is 38.1 Å². The van der Waals surface area contributed by atoms with Crippen molar-refractivity contribution >= 4 is 41.0 Å². The topological polar surface area (TPSA) is 76.2 Å². The fourth-order valence-corrected chi connectivity index (χ4v) is 5.03. The minimum atomic E-state index is -1.19. The molecule has 3 heterocycles. The van der Waals surface area contributed by atoms with Crippen molar-refractivity contribution in [1.29, 1.82) is 0 Å². The summed E-state index contributed by atoms with van der Waals surface area (Å²) in [7, 11) is 0. The van der Waals surface area contributed by atoms with E-state index < -0.39 is 11.6 Å². The largest absolute Gasteiger partial charge is 0.342 e. The van der Waals surface area contributed by atoms with Gasteiger partial charge in [-0.3, -0.25) is 19.4 Å². The Morgan fingerprint density at radius 2 is 1.58 bits per heavy atom. The molecule has 3 aliphatic heterocycles. The van der Waals surface area contributed by atoms with Crippen LogP contribution in [0, 0.1) is 0 Å². The molecule has 3 aliphatic rings. The highest BCUT2D eigenvalue weighted by molar-refractivity contribution is 6.42. The van der Waals surface area contributed by atoms with Gasteiger partial charge in [-0.25, -0.2) is 9.69 Å². The first kappa shape index (κ1) is 24.3. The summed E-state index contributed by atoms with van der Waals surface area (Å²) in [5, 5.41) is 3.54. The lowest BCUT2D eigenvalue weighted by molar-refractivity contribution is -0.133. The van der Waals surface area contributed by atoms with Crippen molar-refractivity contribution in [2.24, 2.45) is 0 Å². The first-order chi connectivity index (χ1) is 15.8. The summed E-state index contributed by atoms with van der Waals surface area (Å²) >= 11 is 12.1. The molecule has 0 spiro atoms. The van der Waals surface area contributed by atoms with Crippen molar-refractivity contribution in [3.63, 3.8) is 0 Å². The molecule has 4 rings (SSSR count). The van der Waals surface area contributed by atoms with E-state index in [0.29, 0.717) is 35.2 Å². The van der Waals surface area contributed by atoms with Crippen molar-refractivity contribution in [1.82, 2.24) is 24.9 Å². The molecule has 0 bridgehead atoms. The molecule has 0 aromatic heterocycles. The van der Waals surface area contributed by atoms with Gasteiger partial charge in [-0.1, -0.05) is 42.1 Å². The van der Waals surface area contributed by atoms with E-state index in [9.17, 15) is 14.4 Å². The van der Waals surface area contributed by atoms with Gasteiger partial charge in [0, 0.05) is 39.3 Å². The number of likely N-dealkylation sites (tertiary alicyclic amines) is 1. The molecule has 180 valence electrons. The molecule has 3 saturated heterocycles. The summed E-state index contributed by atoms with van der Waals surface area (Å²) < 4.78 is 0. The van der Waals surface area contributed by atoms with Gasteiger partial charge in [-0.2, -0.15) is 0 Å². The van der Waals surface area contributed by atoms with E-state index in [-0.39, 0.29) is 18.5 Å². The number of nitrogens with zero attached hydrogens (tertiary/aromatic N) is 4. The van der Waals surface area contributed by atoms with E-state index in [0.717, 1.165) is 39.0 Å². The highest BCUT2D eigenvalue weighted by Gasteiger charge is 2.49. The van der Waals surface area contributed by atoms with Crippen LogP contribution < -0.4 is 5.32 Å². The van der Waals surface area contributed by atoms with Crippen LogP contribution in [-0.4, -0.2) is 89.9 Å². The number of hydrogen-bond acceptors (Lipinski definition) is 5. The Kier molecular flexibility index (Phi) is 7.48. The van der Waals surface area contributed by atoms with Gasteiger partial charge < -0.3 is 10.2 Å². The Balaban J connectivity index is 1.31. The average Bonchev–Trinajstić information content (AvgIpc) is 2.99. The molecule has 10 heteroatoms. The van der Waals surface area contributed by atoms with Crippen LogP contribution in [0.25, 0.3) is 0 Å². The number of amides is 4. The first-order valence-corrected chi connectivity index (χ1v) is 12.4. The molecule has 1 aromatic rings. The van der Waals surface area contributed by atoms with Gasteiger partial charge in [0.1, 0.15) is 5.54 Å². The number of halogens is 2. The van der Waals surface area contributed by atoms with Gasteiger partial charge in [-0.05, 0) is 37.5 Å². The second-order valence-corrected chi connectivity index (χ2v) is 10.1. The molecule has 0 aliphatic carbocycles. The maximum atomic E-state index is 13.2. The maximum absolute atomic E-state index is 13.2. The lowest BCUT2D eigenvalue weighted by Crippen LogP contribution is -2.53. The Hall–Kier alpha value is -1.87. The number of hydrogen-bond donors (Lipinski definition) is 1. The summed E-state index contributed by atoms with van der Waals surface area (Å²) in [5.74, 6) is -0.110. The monoisotopic (exact) mass is 495 g/mol. The Labute approximate surface area is 204 Å². The molecule has 3 fully saturated rings. The second kappa shape index (κ2) is 10.2. The van der Waals surface area contributed by atoms with E-state index >= 15 is 0 Å². The van der Waals surface area contributed by atoms with Crippen LogP contribution in [0.2, 0.25) is 10.0 Å². The molecular formula is C23H31Cl2N5O3. The number of piperazine rings is 1. The third-order valence-corrected chi connectivity index (χ3v) is 7.63. The number of nitrogens with one attached hydrogen (secondary N) is 1. The number of carbonyl (C=O) groups is 3. The van der Waals surface area contributed by atoms with Crippen LogP contribution in [0.15, 0.2) is 18.2 Å². The summed E-state index contributed by atoms with van der Waals surface area (Å²) in [5.41, 5.74) is -0.596. The van der Waals surface area contributed by atoms with Crippen LogP contribution in [0.1, 0.15) is 38.2 Å². The fourth-order valence-electron chi connectivity index (χ4n) is 4.73. The predicted molar refractivity (Wildman–Crippen MR) is 127 cm³/mol. The predicted octanol–water partition coefficient (Wildman–Crippen LogP) is 2.74. The van der Waals surface area contributed by atoms with Crippen LogP contribution in [0.3, 0.4) is 0 Å². The molecule has 1 aromatic carbocycles. The smallest absolute Gasteiger partial charge is 0.326 e. The Bertz CT molecular complexity index is 913. The van der Waals surface area contributed by atoms with Crippen molar-refractivity contribution < 1.29 is 14.4 Å². The zero-order valence-corrected chi connectivity index (χ0v) is 20.5. The van der Waals surface area contributed by atoms with Crippen LogP contribution >= 0.6 is 23.2 Å². The summed E-state index contributed by atoms with van der Waals surface area (Å²) in [4.78, 5) is 46.0.